The van der Waals surface area contributed by atoms with Crippen molar-refractivity contribution in [2.24, 2.45) is 0 Å². The van der Waals surface area contributed by atoms with Gasteiger partial charge in [0.1, 0.15) is 0 Å². The molecular weight excluding hydrogens is 254 g/mol. The molecule has 0 bridgehead atoms. The van der Waals surface area contributed by atoms with E-state index in [4.69, 9.17) is 0 Å². The van der Waals surface area contributed by atoms with Crippen LogP contribution in [0.5, 0.6) is 0 Å². The fraction of sp³-hybridized carbons (Fsp3) is 0.562. The van der Waals surface area contributed by atoms with Crippen LogP contribution in [0.4, 0.5) is 0 Å². The smallest absolute Gasteiger partial charge is 0.233 e. The van der Waals surface area contributed by atoms with Gasteiger partial charge in [-0.15, -0.1) is 11.8 Å². The molecule has 3 heteroatoms. The zero-order valence-corrected chi connectivity index (χ0v) is 13.5. The molecule has 0 saturated carbocycles. The van der Waals surface area contributed by atoms with Crippen LogP contribution in [-0.4, -0.2) is 28.6 Å². The van der Waals surface area contributed by atoms with Crippen LogP contribution >= 0.6 is 11.8 Å². The van der Waals surface area contributed by atoms with Crippen LogP contribution in [-0.2, 0) is 10.5 Å². The summed E-state index contributed by atoms with van der Waals surface area (Å²) in [6.45, 7) is 10.4. The van der Waals surface area contributed by atoms with Gasteiger partial charge in [0, 0.05) is 17.8 Å². The molecule has 0 aromatic heterocycles. The van der Waals surface area contributed by atoms with Gasteiger partial charge in [-0.3, -0.25) is 4.79 Å². The zero-order chi connectivity index (χ0) is 14.4. The molecule has 0 heterocycles. The van der Waals surface area contributed by atoms with Gasteiger partial charge in [0.25, 0.3) is 0 Å². The molecule has 0 radical (unpaired) electrons. The summed E-state index contributed by atoms with van der Waals surface area (Å²) >= 11 is 1.69. The van der Waals surface area contributed by atoms with Crippen LogP contribution < -0.4 is 0 Å². The third-order valence-corrected chi connectivity index (χ3v) is 4.00. The first-order valence-electron chi connectivity index (χ1n) is 6.86. The topological polar surface area (TPSA) is 20.3 Å². The molecular formula is C16H25NOS. The second-order valence-corrected chi connectivity index (χ2v) is 6.45. The molecule has 0 saturated heterocycles. The van der Waals surface area contributed by atoms with Crippen LogP contribution in [0.25, 0.3) is 0 Å². The highest BCUT2D eigenvalue weighted by atomic mass is 32.2. The SMILES string of the molecule is Cc1ccc(CSCC(=O)N(C(C)C)C(C)C)cc1. The first-order valence-corrected chi connectivity index (χ1v) is 8.01. The molecule has 0 aliphatic heterocycles. The van der Waals surface area contributed by atoms with E-state index >= 15 is 0 Å². The highest BCUT2D eigenvalue weighted by molar-refractivity contribution is 7.99. The molecule has 1 aromatic carbocycles. The summed E-state index contributed by atoms with van der Waals surface area (Å²) in [6.07, 6.45) is 0. The lowest BCUT2D eigenvalue weighted by Gasteiger charge is -2.30. The van der Waals surface area contributed by atoms with Crippen molar-refractivity contribution in [2.45, 2.75) is 52.5 Å². The van der Waals surface area contributed by atoms with Crippen molar-refractivity contribution in [3.63, 3.8) is 0 Å². The van der Waals surface area contributed by atoms with E-state index in [1.165, 1.54) is 11.1 Å². The van der Waals surface area contributed by atoms with Gasteiger partial charge in [0.2, 0.25) is 5.91 Å². The van der Waals surface area contributed by atoms with Gasteiger partial charge in [-0.05, 0) is 40.2 Å². The van der Waals surface area contributed by atoms with Crippen molar-refractivity contribution in [3.05, 3.63) is 35.4 Å². The standard InChI is InChI=1S/C16H25NOS/c1-12(2)17(13(3)4)16(18)11-19-10-15-8-6-14(5)7-9-15/h6-9,12-13H,10-11H2,1-5H3. The second-order valence-electron chi connectivity index (χ2n) is 5.47. The Kier molecular flexibility index (Phi) is 6.43. The van der Waals surface area contributed by atoms with E-state index in [1.807, 2.05) is 4.90 Å². The fourth-order valence-corrected chi connectivity index (χ4v) is 3.04. The molecule has 0 N–H and O–H groups in total. The highest BCUT2D eigenvalue weighted by Gasteiger charge is 2.19. The number of thioether (sulfide) groups is 1. The van der Waals surface area contributed by atoms with E-state index in [0.29, 0.717) is 5.75 Å². The Morgan fingerprint density at radius 1 is 1.11 bits per heavy atom. The maximum absolute atomic E-state index is 12.2. The maximum atomic E-state index is 12.2. The largest absolute Gasteiger partial charge is 0.337 e. The van der Waals surface area contributed by atoms with Crippen LogP contribution in [0.1, 0.15) is 38.8 Å². The molecule has 1 aromatic rings. The van der Waals surface area contributed by atoms with Crippen molar-refractivity contribution >= 4 is 17.7 Å². The molecule has 0 spiro atoms. The lowest BCUT2D eigenvalue weighted by Crippen LogP contribution is -2.43. The molecule has 19 heavy (non-hydrogen) atoms. The molecule has 1 rings (SSSR count). The molecule has 106 valence electrons. The third-order valence-electron chi connectivity index (χ3n) is 3.02. The Balaban J connectivity index is 2.43. The van der Waals surface area contributed by atoms with Gasteiger partial charge in [0.15, 0.2) is 0 Å². The number of benzene rings is 1. The number of aryl methyl sites for hydroxylation is 1. The average Bonchev–Trinajstić information content (AvgIpc) is 2.30. The number of amides is 1. The molecule has 0 atom stereocenters. The van der Waals surface area contributed by atoms with Crippen LogP contribution in [0.2, 0.25) is 0 Å². The maximum Gasteiger partial charge on any atom is 0.233 e. The first kappa shape index (κ1) is 16.1. The van der Waals surface area contributed by atoms with Crippen molar-refractivity contribution in [1.82, 2.24) is 4.90 Å². The zero-order valence-electron chi connectivity index (χ0n) is 12.6. The van der Waals surface area contributed by atoms with Gasteiger partial charge < -0.3 is 4.90 Å². The van der Waals surface area contributed by atoms with Crippen LogP contribution in [0.15, 0.2) is 24.3 Å². The van der Waals surface area contributed by atoms with E-state index in [1.54, 1.807) is 11.8 Å². The van der Waals surface area contributed by atoms with E-state index < -0.39 is 0 Å². The normalized spacial score (nSPS) is 11.1. The molecule has 0 fully saturated rings. The Bertz CT molecular complexity index is 390. The fourth-order valence-electron chi connectivity index (χ4n) is 2.19. The number of hydrogen-bond donors (Lipinski definition) is 0. The van der Waals surface area contributed by atoms with E-state index in [0.717, 1.165) is 5.75 Å². The Morgan fingerprint density at radius 2 is 1.63 bits per heavy atom. The lowest BCUT2D eigenvalue weighted by molar-refractivity contribution is -0.131. The minimum absolute atomic E-state index is 0.238. The summed E-state index contributed by atoms with van der Waals surface area (Å²) in [5, 5.41) is 0. The number of hydrogen-bond acceptors (Lipinski definition) is 2. The molecule has 0 unspecified atom stereocenters. The molecule has 2 nitrogen and oxygen atoms in total. The van der Waals surface area contributed by atoms with E-state index in [2.05, 4.69) is 58.9 Å². The van der Waals surface area contributed by atoms with E-state index in [9.17, 15) is 4.79 Å². The minimum Gasteiger partial charge on any atom is -0.337 e. The summed E-state index contributed by atoms with van der Waals surface area (Å²) in [4.78, 5) is 14.1. The summed E-state index contributed by atoms with van der Waals surface area (Å²) in [7, 11) is 0. The van der Waals surface area contributed by atoms with Gasteiger partial charge >= 0.3 is 0 Å². The van der Waals surface area contributed by atoms with Crippen molar-refractivity contribution in [2.75, 3.05) is 5.75 Å². The van der Waals surface area contributed by atoms with Gasteiger partial charge in [-0.2, -0.15) is 0 Å². The molecule has 0 aliphatic rings. The lowest BCUT2D eigenvalue weighted by atomic mass is 10.2. The van der Waals surface area contributed by atoms with Crippen molar-refractivity contribution in [1.29, 1.82) is 0 Å². The summed E-state index contributed by atoms with van der Waals surface area (Å²) in [6, 6.07) is 9.05. The van der Waals surface area contributed by atoms with Gasteiger partial charge in [0.05, 0.1) is 5.75 Å². The van der Waals surface area contributed by atoms with Gasteiger partial charge in [-0.1, -0.05) is 29.8 Å². The Morgan fingerprint density at radius 3 is 2.11 bits per heavy atom. The minimum atomic E-state index is 0.238. The summed E-state index contributed by atoms with van der Waals surface area (Å²) in [5.74, 6) is 1.70. The first-order chi connectivity index (χ1) is 8.91. The predicted molar refractivity (Wildman–Crippen MR) is 84.5 cm³/mol. The average molecular weight is 279 g/mol. The van der Waals surface area contributed by atoms with Crippen LogP contribution in [0.3, 0.4) is 0 Å². The quantitative estimate of drug-likeness (QED) is 0.788. The number of rotatable bonds is 6. The number of carbonyl (C=O) groups is 1. The van der Waals surface area contributed by atoms with Crippen molar-refractivity contribution in [3.8, 4) is 0 Å². The Hall–Kier alpha value is -0.960. The highest BCUT2D eigenvalue weighted by Crippen LogP contribution is 2.15. The van der Waals surface area contributed by atoms with Crippen LogP contribution in [0, 0.1) is 6.92 Å². The van der Waals surface area contributed by atoms with Gasteiger partial charge in [-0.25, -0.2) is 0 Å². The van der Waals surface area contributed by atoms with Crippen molar-refractivity contribution < 1.29 is 4.79 Å². The number of nitrogens with zero attached hydrogens (tertiary/aromatic N) is 1. The molecule has 1 amide bonds. The monoisotopic (exact) mass is 279 g/mol. The third kappa shape index (κ3) is 5.27. The van der Waals surface area contributed by atoms with E-state index in [-0.39, 0.29) is 18.0 Å². The summed E-state index contributed by atoms with van der Waals surface area (Å²) in [5.41, 5.74) is 2.56. The Labute approximate surface area is 121 Å². The number of carbonyl (C=O) groups excluding carboxylic acids is 1. The summed E-state index contributed by atoms with van der Waals surface area (Å²) < 4.78 is 0. The predicted octanol–water partition coefficient (Wildman–Crippen LogP) is 3.87. The molecule has 0 aliphatic carbocycles. The second kappa shape index (κ2) is 7.59.